The van der Waals surface area contributed by atoms with Gasteiger partial charge in [0.15, 0.2) is 0 Å². The smallest absolute Gasteiger partial charge is 0.253 e. The lowest BCUT2D eigenvalue weighted by Gasteiger charge is -2.20. The summed E-state index contributed by atoms with van der Waals surface area (Å²) >= 11 is 0. The van der Waals surface area contributed by atoms with Gasteiger partial charge in [0.1, 0.15) is 0 Å². The van der Waals surface area contributed by atoms with Crippen LogP contribution in [0.3, 0.4) is 0 Å². The molecule has 1 amide bonds. The maximum Gasteiger partial charge on any atom is 0.253 e. The number of aromatic nitrogens is 2. The second-order valence-corrected chi connectivity index (χ2v) is 6.44. The zero-order valence-electron chi connectivity index (χ0n) is 12.7. The third-order valence-electron chi connectivity index (χ3n) is 5.03. The van der Waals surface area contributed by atoms with E-state index in [2.05, 4.69) is 22.3 Å². The van der Waals surface area contributed by atoms with Gasteiger partial charge < -0.3 is 4.90 Å². The number of hydrogen-bond donors (Lipinski definition) is 1. The van der Waals surface area contributed by atoms with Crippen LogP contribution in [0.1, 0.15) is 52.4 Å². The highest BCUT2D eigenvalue weighted by Crippen LogP contribution is 2.28. The van der Waals surface area contributed by atoms with Gasteiger partial charge in [0.05, 0.1) is 0 Å². The number of aromatic amines is 1. The number of rotatable bonds is 2. The Morgan fingerprint density at radius 3 is 2.86 bits per heavy atom. The number of likely N-dealkylation sites (tertiary alicyclic amines) is 1. The molecule has 1 saturated heterocycles. The van der Waals surface area contributed by atoms with E-state index in [1.54, 1.807) is 6.20 Å². The molecule has 0 spiro atoms. The molecule has 1 aliphatic carbocycles. The van der Waals surface area contributed by atoms with Gasteiger partial charge in [-0.25, -0.2) is 0 Å². The Labute approximate surface area is 130 Å². The minimum atomic E-state index is 0.176. The SMILES string of the molecule is O=C(c1ccc2c(c1)CCCC2)N1CCC(c2ccn[nH]2)C1. The van der Waals surface area contributed by atoms with E-state index in [9.17, 15) is 4.79 Å². The van der Waals surface area contributed by atoms with E-state index < -0.39 is 0 Å². The first-order chi connectivity index (χ1) is 10.8. The molecule has 1 aromatic heterocycles. The Hall–Kier alpha value is -2.10. The molecular formula is C18H21N3O. The highest BCUT2D eigenvalue weighted by Gasteiger charge is 2.29. The number of H-pyrrole nitrogens is 1. The second kappa shape index (κ2) is 5.59. The summed E-state index contributed by atoms with van der Waals surface area (Å²) in [6.45, 7) is 1.62. The van der Waals surface area contributed by atoms with Crippen LogP contribution in [0.5, 0.6) is 0 Å². The van der Waals surface area contributed by atoms with Crippen LogP contribution < -0.4 is 0 Å². The Balaban J connectivity index is 1.50. The zero-order chi connectivity index (χ0) is 14.9. The summed E-state index contributed by atoms with van der Waals surface area (Å²) in [5, 5.41) is 7.05. The van der Waals surface area contributed by atoms with Crippen molar-refractivity contribution in [1.82, 2.24) is 15.1 Å². The van der Waals surface area contributed by atoms with Crippen LogP contribution in [0.15, 0.2) is 30.5 Å². The maximum atomic E-state index is 12.7. The Morgan fingerprint density at radius 2 is 2.05 bits per heavy atom. The van der Waals surface area contributed by atoms with E-state index in [0.29, 0.717) is 5.92 Å². The molecule has 1 fully saturated rings. The average Bonchev–Trinajstić information content (AvgIpc) is 3.24. The molecule has 114 valence electrons. The average molecular weight is 295 g/mol. The summed E-state index contributed by atoms with van der Waals surface area (Å²) in [7, 11) is 0. The highest BCUT2D eigenvalue weighted by molar-refractivity contribution is 5.94. The number of nitrogens with one attached hydrogen (secondary N) is 1. The van der Waals surface area contributed by atoms with Gasteiger partial charge in [0.2, 0.25) is 0 Å². The summed E-state index contributed by atoms with van der Waals surface area (Å²) in [6.07, 6.45) is 7.60. The molecule has 0 saturated carbocycles. The number of benzene rings is 1. The molecular weight excluding hydrogens is 274 g/mol. The number of carbonyl (C=O) groups excluding carboxylic acids is 1. The normalized spacial score (nSPS) is 20.9. The van der Waals surface area contributed by atoms with Crippen molar-refractivity contribution in [1.29, 1.82) is 0 Å². The summed E-state index contributed by atoms with van der Waals surface area (Å²) in [5.41, 5.74) is 4.80. The lowest BCUT2D eigenvalue weighted by Crippen LogP contribution is -2.28. The van der Waals surface area contributed by atoms with E-state index in [1.165, 1.54) is 24.0 Å². The number of carbonyl (C=O) groups is 1. The number of hydrogen-bond acceptors (Lipinski definition) is 2. The van der Waals surface area contributed by atoms with Crippen molar-refractivity contribution in [3.63, 3.8) is 0 Å². The number of fused-ring (bicyclic) bond motifs is 1. The van der Waals surface area contributed by atoms with Crippen molar-refractivity contribution < 1.29 is 4.79 Å². The third-order valence-corrected chi connectivity index (χ3v) is 5.03. The lowest BCUT2D eigenvalue weighted by molar-refractivity contribution is 0.0790. The van der Waals surface area contributed by atoms with Crippen LogP contribution in [0.25, 0.3) is 0 Å². The van der Waals surface area contributed by atoms with Gasteiger partial charge in [-0.15, -0.1) is 0 Å². The predicted octanol–water partition coefficient (Wildman–Crippen LogP) is 2.92. The van der Waals surface area contributed by atoms with Crippen LogP contribution >= 0.6 is 0 Å². The van der Waals surface area contributed by atoms with Crippen molar-refractivity contribution in [2.75, 3.05) is 13.1 Å². The maximum absolute atomic E-state index is 12.7. The lowest BCUT2D eigenvalue weighted by atomic mass is 9.90. The summed E-state index contributed by atoms with van der Waals surface area (Å²) < 4.78 is 0. The minimum absolute atomic E-state index is 0.176. The molecule has 4 nitrogen and oxygen atoms in total. The Bertz CT molecular complexity index is 678. The first-order valence-corrected chi connectivity index (χ1v) is 8.21. The summed E-state index contributed by atoms with van der Waals surface area (Å²) in [5.74, 6) is 0.569. The van der Waals surface area contributed by atoms with Crippen LogP contribution in [0.4, 0.5) is 0 Å². The van der Waals surface area contributed by atoms with E-state index in [1.807, 2.05) is 17.0 Å². The molecule has 0 bridgehead atoms. The van der Waals surface area contributed by atoms with E-state index >= 15 is 0 Å². The van der Waals surface area contributed by atoms with Crippen molar-refractivity contribution in [3.05, 3.63) is 52.8 Å². The molecule has 2 aromatic rings. The number of nitrogens with zero attached hydrogens (tertiary/aromatic N) is 2. The summed E-state index contributed by atoms with van der Waals surface area (Å²) in [4.78, 5) is 14.7. The van der Waals surface area contributed by atoms with Crippen LogP contribution in [0, 0.1) is 0 Å². The quantitative estimate of drug-likeness (QED) is 0.926. The number of amides is 1. The van der Waals surface area contributed by atoms with E-state index in [-0.39, 0.29) is 5.91 Å². The van der Waals surface area contributed by atoms with Gasteiger partial charge in [0.25, 0.3) is 5.91 Å². The van der Waals surface area contributed by atoms with Gasteiger partial charge in [-0.3, -0.25) is 9.89 Å². The molecule has 1 aliphatic heterocycles. The standard InChI is InChI=1S/C18H21N3O/c22-18(15-6-5-13-3-1-2-4-14(13)11-15)21-10-8-16(12-21)17-7-9-19-20-17/h5-7,9,11,16H,1-4,8,10,12H2,(H,19,20). The molecule has 4 heteroatoms. The zero-order valence-corrected chi connectivity index (χ0v) is 12.7. The molecule has 2 heterocycles. The molecule has 1 N–H and O–H groups in total. The fraction of sp³-hybridized carbons (Fsp3) is 0.444. The van der Waals surface area contributed by atoms with Crippen LogP contribution in [-0.4, -0.2) is 34.1 Å². The fourth-order valence-electron chi connectivity index (χ4n) is 3.74. The Morgan fingerprint density at radius 1 is 1.18 bits per heavy atom. The van der Waals surface area contributed by atoms with Crippen molar-refractivity contribution in [2.45, 2.75) is 38.0 Å². The van der Waals surface area contributed by atoms with Gasteiger partial charge in [-0.05, 0) is 61.4 Å². The molecule has 4 rings (SSSR count). The fourth-order valence-corrected chi connectivity index (χ4v) is 3.74. The van der Waals surface area contributed by atoms with Gasteiger partial charge in [-0.1, -0.05) is 6.07 Å². The van der Waals surface area contributed by atoms with Crippen molar-refractivity contribution in [2.24, 2.45) is 0 Å². The largest absolute Gasteiger partial charge is 0.338 e. The van der Waals surface area contributed by atoms with Crippen molar-refractivity contribution >= 4 is 5.91 Å². The van der Waals surface area contributed by atoms with Gasteiger partial charge in [0, 0.05) is 36.5 Å². The summed E-state index contributed by atoms with van der Waals surface area (Å²) in [6, 6.07) is 8.30. The van der Waals surface area contributed by atoms with E-state index in [4.69, 9.17) is 0 Å². The topological polar surface area (TPSA) is 49.0 Å². The molecule has 2 aliphatic rings. The van der Waals surface area contributed by atoms with Crippen LogP contribution in [0.2, 0.25) is 0 Å². The first-order valence-electron chi connectivity index (χ1n) is 8.21. The number of aryl methyl sites for hydroxylation is 2. The third kappa shape index (κ3) is 2.43. The van der Waals surface area contributed by atoms with E-state index in [0.717, 1.165) is 43.6 Å². The van der Waals surface area contributed by atoms with Gasteiger partial charge >= 0.3 is 0 Å². The molecule has 0 radical (unpaired) electrons. The molecule has 1 unspecified atom stereocenters. The molecule has 1 atom stereocenters. The second-order valence-electron chi connectivity index (χ2n) is 6.44. The monoisotopic (exact) mass is 295 g/mol. The first kappa shape index (κ1) is 13.6. The van der Waals surface area contributed by atoms with Gasteiger partial charge in [-0.2, -0.15) is 5.10 Å². The molecule has 1 aromatic carbocycles. The minimum Gasteiger partial charge on any atom is -0.338 e. The highest BCUT2D eigenvalue weighted by atomic mass is 16.2. The van der Waals surface area contributed by atoms with Crippen molar-refractivity contribution in [3.8, 4) is 0 Å². The predicted molar refractivity (Wildman–Crippen MR) is 84.9 cm³/mol. The Kier molecular flexibility index (Phi) is 3.45. The van der Waals surface area contributed by atoms with Crippen LogP contribution in [-0.2, 0) is 12.8 Å². The molecule has 22 heavy (non-hydrogen) atoms.